The Balaban J connectivity index is 0.000000449. The van der Waals surface area contributed by atoms with Gasteiger partial charge in [-0.15, -0.1) is 0 Å². The summed E-state index contributed by atoms with van der Waals surface area (Å²) >= 11 is 3.54. The molecular formula is C21H31BrN6O. The van der Waals surface area contributed by atoms with Crippen molar-refractivity contribution in [3.05, 3.63) is 46.8 Å². The normalized spacial score (nSPS) is 13.0. The van der Waals surface area contributed by atoms with E-state index in [1.54, 1.807) is 26.2 Å². The number of anilines is 2. The summed E-state index contributed by atoms with van der Waals surface area (Å²) < 4.78 is 2.74. The van der Waals surface area contributed by atoms with Gasteiger partial charge in [0.1, 0.15) is 11.6 Å². The van der Waals surface area contributed by atoms with Crippen LogP contribution in [0.15, 0.2) is 41.3 Å². The molecule has 29 heavy (non-hydrogen) atoms. The second-order valence-electron chi connectivity index (χ2n) is 6.73. The first-order valence-corrected chi connectivity index (χ1v) is 10.9. The van der Waals surface area contributed by atoms with Gasteiger partial charge in [0.05, 0.1) is 10.7 Å². The summed E-state index contributed by atoms with van der Waals surface area (Å²) in [7, 11) is 0. The Labute approximate surface area is 181 Å². The quantitative estimate of drug-likeness (QED) is 0.593. The van der Waals surface area contributed by atoms with Gasteiger partial charge in [0.2, 0.25) is 0 Å². The summed E-state index contributed by atoms with van der Waals surface area (Å²) in [6.07, 6.45) is 7.72. The van der Waals surface area contributed by atoms with Gasteiger partial charge in [-0.05, 0) is 54.2 Å². The highest BCUT2D eigenvalue weighted by atomic mass is 79.9. The van der Waals surface area contributed by atoms with E-state index in [2.05, 4.69) is 48.4 Å². The van der Waals surface area contributed by atoms with Gasteiger partial charge < -0.3 is 15.3 Å². The predicted octanol–water partition coefficient (Wildman–Crippen LogP) is 4.51. The largest absolute Gasteiger partial charge is 0.394 e. The number of aliphatic hydroxyl groups excluding tert-OH is 1. The van der Waals surface area contributed by atoms with E-state index in [0.717, 1.165) is 40.4 Å². The minimum atomic E-state index is -0.167. The first-order valence-electron chi connectivity index (χ1n) is 10.1. The lowest BCUT2D eigenvalue weighted by molar-refractivity contribution is 0.216. The highest BCUT2D eigenvalue weighted by molar-refractivity contribution is 9.10. The summed E-state index contributed by atoms with van der Waals surface area (Å²) in [4.78, 5) is 11.2. The van der Waals surface area contributed by atoms with E-state index in [1.165, 1.54) is 12.8 Å². The van der Waals surface area contributed by atoms with Crippen LogP contribution in [0, 0.1) is 0 Å². The van der Waals surface area contributed by atoms with Crippen LogP contribution in [-0.4, -0.2) is 43.9 Å². The number of nitrogens with one attached hydrogen (secondary N) is 1. The van der Waals surface area contributed by atoms with Gasteiger partial charge in [0, 0.05) is 44.2 Å². The molecule has 1 fully saturated rings. The van der Waals surface area contributed by atoms with E-state index in [0.29, 0.717) is 6.54 Å². The lowest BCUT2D eigenvalue weighted by Crippen LogP contribution is -2.20. The molecule has 4 rings (SSSR count). The Morgan fingerprint density at radius 1 is 1.21 bits per heavy atom. The zero-order valence-electron chi connectivity index (χ0n) is 17.6. The van der Waals surface area contributed by atoms with E-state index in [-0.39, 0.29) is 6.10 Å². The first kappa shape index (κ1) is 23.1. The van der Waals surface area contributed by atoms with Crippen molar-refractivity contribution in [2.45, 2.75) is 53.2 Å². The van der Waals surface area contributed by atoms with Crippen molar-refractivity contribution < 1.29 is 5.11 Å². The summed E-state index contributed by atoms with van der Waals surface area (Å²) in [5.41, 5.74) is 1.97. The van der Waals surface area contributed by atoms with Crippen LogP contribution in [0.2, 0.25) is 0 Å². The Kier molecular flexibility index (Phi) is 9.34. The number of rotatable bonds is 4. The highest BCUT2D eigenvalue weighted by Gasteiger charge is 2.17. The summed E-state index contributed by atoms with van der Waals surface area (Å²) in [6.45, 7) is 10.3. The van der Waals surface area contributed by atoms with Crippen LogP contribution in [-0.2, 0) is 6.54 Å². The molecule has 0 unspecified atom stereocenters. The molecule has 0 aliphatic carbocycles. The topological polar surface area (TPSA) is 78.6 Å². The summed E-state index contributed by atoms with van der Waals surface area (Å²) in [6, 6.07) is 6.08. The zero-order valence-corrected chi connectivity index (χ0v) is 19.2. The molecule has 3 aromatic rings. The van der Waals surface area contributed by atoms with Crippen LogP contribution in [0.3, 0.4) is 0 Å². The summed E-state index contributed by atoms with van der Waals surface area (Å²) in [5.74, 6) is 1.94. The van der Waals surface area contributed by atoms with E-state index in [9.17, 15) is 0 Å². The third-order valence-corrected chi connectivity index (χ3v) is 4.60. The van der Waals surface area contributed by atoms with Gasteiger partial charge >= 0.3 is 0 Å². The zero-order chi connectivity index (χ0) is 21.2. The molecule has 0 aromatic carbocycles. The molecule has 1 aliphatic heterocycles. The average Bonchev–Trinajstić information content (AvgIpc) is 3.39. The molecule has 0 spiro atoms. The van der Waals surface area contributed by atoms with Crippen LogP contribution in [0.25, 0.3) is 5.65 Å². The molecule has 158 valence electrons. The van der Waals surface area contributed by atoms with Crippen molar-refractivity contribution in [2.75, 3.05) is 23.3 Å². The molecule has 8 heteroatoms. The van der Waals surface area contributed by atoms with Gasteiger partial charge in [-0.2, -0.15) is 9.61 Å². The molecular weight excluding hydrogens is 432 g/mol. The lowest BCUT2D eigenvalue weighted by Gasteiger charge is -2.18. The smallest absolute Gasteiger partial charge is 0.173 e. The fourth-order valence-corrected chi connectivity index (χ4v) is 3.20. The van der Waals surface area contributed by atoms with E-state index in [1.807, 2.05) is 30.6 Å². The molecule has 0 saturated carbocycles. The Morgan fingerprint density at radius 3 is 2.52 bits per heavy atom. The third kappa shape index (κ3) is 6.68. The number of pyridine rings is 1. The van der Waals surface area contributed by atoms with Crippen molar-refractivity contribution in [3.63, 3.8) is 0 Å². The number of nitrogens with zero attached hydrogens (tertiary/aromatic N) is 5. The minimum absolute atomic E-state index is 0.167. The SMILES string of the molecule is Brc1cnn2c(NCc3cccnc3)cc(N3CCCC3)nc12.CC.CC(C)O. The van der Waals surface area contributed by atoms with E-state index < -0.39 is 0 Å². The van der Waals surface area contributed by atoms with Gasteiger partial charge in [-0.1, -0.05) is 19.9 Å². The maximum atomic E-state index is 8.06. The van der Waals surface area contributed by atoms with Crippen LogP contribution >= 0.6 is 15.9 Å². The second-order valence-corrected chi connectivity index (χ2v) is 7.58. The van der Waals surface area contributed by atoms with E-state index >= 15 is 0 Å². The number of halogens is 1. The molecule has 0 radical (unpaired) electrons. The Hall–Kier alpha value is -2.19. The number of hydrogen-bond donors (Lipinski definition) is 2. The molecule has 0 amide bonds. The Morgan fingerprint density at radius 2 is 1.90 bits per heavy atom. The van der Waals surface area contributed by atoms with Gasteiger partial charge in [0.15, 0.2) is 5.65 Å². The summed E-state index contributed by atoms with van der Waals surface area (Å²) in [5, 5.41) is 15.9. The van der Waals surface area contributed by atoms with Crippen LogP contribution in [0.1, 0.15) is 46.1 Å². The standard InChI is InChI=1S/C16H17BrN6.C3H8O.C2H6/c17-13-11-20-23-14(19-10-12-4-3-5-18-9-12)8-15(21-16(13)23)22-6-1-2-7-22;1-3(2)4;1-2/h3-5,8-9,11,19H,1-2,6-7,10H2;3-4H,1-2H3;1-2H3. The molecule has 0 bridgehead atoms. The minimum Gasteiger partial charge on any atom is -0.394 e. The number of hydrogen-bond acceptors (Lipinski definition) is 6. The molecule has 2 N–H and O–H groups in total. The van der Waals surface area contributed by atoms with Crippen molar-refractivity contribution in [2.24, 2.45) is 0 Å². The van der Waals surface area contributed by atoms with Crippen molar-refractivity contribution >= 4 is 33.2 Å². The molecule has 0 atom stereocenters. The highest BCUT2D eigenvalue weighted by Crippen LogP contribution is 2.26. The van der Waals surface area contributed by atoms with E-state index in [4.69, 9.17) is 10.1 Å². The molecule has 7 nitrogen and oxygen atoms in total. The average molecular weight is 463 g/mol. The fourth-order valence-electron chi connectivity index (χ4n) is 2.85. The fraction of sp³-hybridized carbons (Fsp3) is 0.476. The van der Waals surface area contributed by atoms with Crippen molar-refractivity contribution in [3.8, 4) is 0 Å². The predicted molar refractivity (Wildman–Crippen MR) is 122 cm³/mol. The van der Waals surface area contributed by atoms with Gasteiger partial charge in [0.25, 0.3) is 0 Å². The molecule has 3 aromatic heterocycles. The lowest BCUT2D eigenvalue weighted by atomic mass is 10.3. The Bertz CT molecular complexity index is 859. The third-order valence-electron chi connectivity index (χ3n) is 4.04. The maximum absolute atomic E-state index is 8.06. The van der Waals surface area contributed by atoms with Gasteiger partial charge in [-0.3, -0.25) is 4.98 Å². The van der Waals surface area contributed by atoms with Crippen LogP contribution in [0.5, 0.6) is 0 Å². The number of aromatic nitrogens is 4. The number of fused-ring (bicyclic) bond motifs is 1. The maximum Gasteiger partial charge on any atom is 0.173 e. The molecule has 1 aliphatic rings. The first-order chi connectivity index (χ1) is 14.0. The van der Waals surface area contributed by atoms with Crippen molar-refractivity contribution in [1.82, 2.24) is 19.6 Å². The number of aliphatic hydroxyl groups is 1. The molecule has 4 heterocycles. The van der Waals surface area contributed by atoms with Crippen molar-refractivity contribution in [1.29, 1.82) is 0 Å². The monoisotopic (exact) mass is 462 g/mol. The van der Waals surface area contributed by atoms with Crippen LogP contribution < -0.4 is 10.2 Å². The molecule has 1 saturated heterocycles. The van der Waals surface area contributed by atoms with Crippen LogP contribution in [0.4, 0.5) is 11.6 Å². The second kappa shape index (κ2) is 11.7. The van der Waals surface area contributed by atoms with Gasteiger partial charge in [-0.25, -0.2) is 4.98 Å².